The smallest absolute Gasteiger partial charge is 0.240 e. The van der Waals surface area contributed by atoms with E-state index in [0.29, 0.717) is 12.1 Å². The van der Waals surface area contributed by atoms with Crippen molar-refractivity contribution in [2.24, 2.45) is 0 Å². The van der Waals surface area contributed by atoms with Crippen molar-refractivity contribution in [2.75, 3.05) is 5.73 Å². The SMILES string of the molecule is CCc1nc(N)nn1-c1ccccc1O. The quantitative estimate of drug-likeness (QED) is 0.768. The van der Waals surface area contributed by atoms with Crippen molar-refractivity contribution in [2.45, 2.75) is 13.3 Å². The standard InChI is InChI=1S/C10H12N4O/c1-2-9-12-10(11)13-14(9)7-5-3-4-6-8(7)15/h3-6,15H,2H2,1H3,(H2,11,13). The molecule has 0 amide bonds. The Balaban J connectivity index is 2.58. The van der Waals surface area contributed by atoms with Crippen molar-refractivity contribution in [3.8, 4) is 11.4 Å². The first-order valence-electron chi connectivity index (χ1n) is 4.72. The number of hydrogen-bond acceptors (Lipinski definition) is 4. The summed E-state index contributed by atoms with van der Waals surface area (Å²) in [6, 6.07) is 6.95. The lowest BCUT2D eigenvalue weighted by Crippen LogP contribution is -2.02. The van der Waals surface area contributed by atoms with Gasteiger partial charge in [0, 0.05) is 6.42 Å². The molecular weight excluding hydrogens is 192 g/mol. The maximum absolute atomic E-state index is 9.66. The summed E-state index contributed by atoms with van der Waals surface area (Å²) in [5.74, 6) is 1.11. The Morgan fingerprint density at radius 2 is 2.13 bits per heavy atom. The van der Waals surface area contributed by atoms with Crippen molar-refractivity contribution in [3.63, 3.8) is 0 Å². The van der Waals surface area contributed by atoms with E-state index in [-0.39, 0.29) is 11.7 Å². The summed E-state index contributed by atoms with van der Waals surface area (Å²) in [6.07, 6.45) is 0.707. The van der Waals surface area contributed by atoms with Gasteiger partial charge in [-0.2, -0.15) is 4.98 Å². The largest absolute Gasteiger partial charge is 0.506 e. The number of anilines is 1. The third kappa shape index (κ3) is 1.63. The fourth-order valence-electron chi connectivity index (χ4n) is 1.43. The van der Waals surface area contributed by atoms with Gasteiger partial charge in [-0.15, -0.1) is 5.10 Å². The van der Waals surface area contributed by atoms with Crippen LogP contribution in [0.1, 0.15) is 12.7 Å². The normalized spacial score (nSPS) is 10.5. The number of phenolic OH excluding ortho intramolecular Hbond substituents is 1. The number of hydrogen-bond donors (Lipinski definition) is 2. The molecule has 3 N–H and O–H groups in total. The molecule has 5 nitrogen and oxygen atoms in total. The van der Waals surface area contributed by atoms with Crippen molar-refractivity contribution in [1.82, 2.24) is 14.8 Å². The predicted molar refractivity (Wildman–Crippen MR) is 56.8 cm³/mol. The first-order chi connectivity index (χ1) is 7.22. The number of benzene rings is 1. The molecule has 0 bridgehead atoms. The highest BCUT2D eigenvalue weighted by Crippen LogP contribution is 2.21. The van der Waals surface area contributed by atoms with Crippen LogP contribution >= 0.6 is 0 Å². The van der Waals surface area contributed by atoms with E-state index in [1.807, 2.05) is 13.0 Å². The molecule has 0 aliphatic rings. The van der Waals surface area contributed by atoms with Crippen LogP contribution in [0.2, 0.25) is 0 Å². The zero-order valence-electron chi connectivity index (χ0n) is 8.38. The number of rotatable bonds is 2. The Morgan fingerprint density at radius 1 is 1.40 bits per heavy atom. The van der Waals surface area contributed by atoms with Gasteiger partial charge in [-0.1, -0.05) is 19.1 Å². The molecule has 78 valence electrons. The molecule has 2 rings (SSSR count). The van der Waals surface area contributed by atoms with Crippen LogP contribution in [0.4, 0.5) is 5.95 Å². The van der Waals surface area contributed by atoms with Gasteiger partial charge < -0.3 is 10.8 Å². The van der Waals surface area contributed by atoms with E-state index in [1.165, 1.54) is 0 Å². The average Bonchev–Trinajstić information content (AvgIpc) is 2.60. The minimum Gasteiger partial charge on any atom is -0.506 e. The molecule has 0 aliphatic carbocycles. The third-order valence-corrected chi connectivity index (χ3v) is 2.12. The van der Waals surface area contributed by atoms with Crippen molar-refractivity contribution in [1.29, 1.82) is 0 Å². The number of nitrogen functional groups attached to an aromatic ring is 1. The van der Waals surface area contributed by atoms with Crippen LogP contribution in [0.3, 0.4) is 0 Å². The Morgan fingerprint density at radius 3 is 2.80 bits per heavy atom. The number of phenols is 1. The molecule has 0 saturated heterocycles. The van der Waals surface area contributed by atoms with Crippen LogP contribution < -0.4 is 5.73 Å². The Labute approximate surface area is 87.2 Å². The van der Waals surface area contributed by atoms with Gasteiger partial charge in [-0.05, 0) is 12.1 Å². The van der Waals surface area contributed by atoms with Crippen LogP contribution in [0.5, 0.6) is 5.75 Å². The van der Waals surface area contributed by atoms with Gasteiger partial charge in [0.25, 0.3) is 0 Å². The van der Waals surface area contributed by atoms with E-state index in [2.05, 4.69) is 10.1 Å². The van der Waals surface area contributed by atoms with Gasteiger partial charge in [0.05, 0.1) is 0 Å². The lowest BCUT2D eigenvalue weighted by atomic mass is 10.3. The summed E-state index contributed by atoms with van der Waals surface area (Å²) in [5.41, 5.74) is 6.11. The second-order valence-electron chi connectivity index (χ2n) is 3.14. The van der Waals surface area contributed by atoms with Crippen LogP contribution in [0.25, 0.3) is 5.69 Å². The highest BCUT2D eigenvalue weighted by Gasteiger charge is 2.10. The van der Waals surface area contributed by atoms with Crippen LogP contribution in [0.15, 0.2) is 24.3 Å². The van der Waals surface area contributed by atoms with Crippen molar-refractivity contribution in [3.05, 3.63) is 30.1 Å². The van der Waals surface area contributed by atoms with Gasteiger partial charge in [-0.3, -0.25) is 0 Å². The number of aryl methyl sites for hydroxylation is 1. The predicted octanol–water partition coefficient (Wildman–Crippen LogP) is 1.12. The molecule has 0 unspecified atom stereocenters. The maximum Gasteiger partial charge on any atom is 0.240 e. The van der Waals surface area contributed by atoms with E-state index in [9.17, 15) is 5.11 Å². The average molecular weight is 204 g/mol. The molecule has 1 aromatic heterocycles. The number of aromatic nitrogens is 3. The zero-order valence-corrected chi connectivity index (χ0v) is 8.38. The Bertz CT molecular complexity index is 478. The van der Waals surface area contributed by atoms with Crippen LogP contribution in [-0.2, 0) is 6.42 Å². The first kappa shape index (κ1) is 9.51. The van der Waals surface area contributed by atoms with Crippen molar-refractivity contribution < 1.29 is 5.11 Å². The van der Waals surface area contributed by atoms with Gasteiger partial charge in [0.1, 0.15) is 17.3 Å². The topological polar surface area (TPSA) is 77.0 Å². The summed E-state index contributed by atoms with van der Waals surface area (Å²) in [7, 11) is 0. The second-order valence-corrected chi connectivity index (χ2v) is 3.14. The minimum absolute atomic E-state index is 0.164. The molecule has 15 heavy (non-hydrogen) atoms. The van der Waals surface area contributed by atoms with E-state index < -0.39 is 0 Å². The number of aromatic hydroxyl groups is 1. The number of para-hydroxylation sites is 2. The number of nitrogens with zero attached hydrogens (tertiary/aromatic N) is 3. The molecule has 0 radical (unpaired) electrons. The third-order valence-electron chi connectivity index (χ3n) is 2.12. The van der Waals surface area contributed by atoms with Crippen molar-refractivity contribution >= 4 is 5.95 Å². The maximum atomic E-state index is 9.66. The van der Waals surface area contributed by atoms with Gasteiger partial charge in [-0.25, -0.2) is 4.68 Å². The lowest BCUT2D eigenvalue weighted by Gasteiger charge is -2.05. The van der Waals surface area contributed by atoms with E-state index in [4.69, 9.17) is 5.73 Å². The summed E-state index contributed by atoms with van der Waals surface area (Å²) < 4.78 is 1.56. The van der Waals surface area contributed by atoms with Crippen LogP contribution in [0, 0.1) is 0 Å². The Hall–Kier alpha value is -2.04. The first-order valence-corrected chi connectivity index (χ1v) is 4.72. The van der Waals surface area contributed by atoms with Gasteiger partial charge in [0.15, 0.2) is 0 Å². The molecule has 0 saturated carbocycles. The van der Waals surface area contributed by atoms with Gasteiger partial charge >= 0.3 is 0 Å². The summed E-state index contributed by atoms with van der Waals surface area (Å²) >= 11 is 0. The van der Waals surface area contributed by atoms with E-state index >= 15 is 0 Å². The molecular formula is C10H12N4O. The molecule has 0 atom stereocenters. The minimum atomic E-state index is 0.164. The second kappa shape index (κ2) is 3.61. The molecule has 1 heterocycles. The molecule has 2 aromatic rings. The summed E-state index contributed by atoms with van der Waals surface area (Å²) in [4.78, 5) is 4.07. The van der Waals surface area contributed by atoms with E-state index in [1.54, 1.807) is 22.9 Å². The molecule has 1 aromatic carbocycles. The monoisotopic (exact) mass is 204 g/mol. The molecule has 0 fully saturated rings. The zero-order chi connectivity index (χ0) is 10.8. The highest BCUT2D eigenvalue weighted by molar-refractivity contribution is 5.45. The number of nitrogens with two attached hydrogens (primary N) is 1. The highest BCUT2D eigenvalue weighted by atomic mass is 16.3. The summed E-state index contributed by atoms with van der Waals surface area (Å²) in [5, 5.41) is 13.7. The van der Waals surface area contributed by atoms with Gasteiger partial charge in [0.2, 0.25) is 5.95 Å². The molecule has 5 heteroatoms. The Kier molecular flexibility index (Phi) is 2.29. The fourth-order valence-corrected chi connectivity index (χ4v) is 1.43. The lowest BCUT2D eigenvalue weighted by molar-refractivity contribution is 0.469. The molecule has 0 spiro atoms. The van der Waals surface area contributed by atoms with Crippen LogP contribution in [-0.4, -0.2) is 19.9 Å². The van der Waals surface area contributed by atoms with E-state index in [0.717, 1.165) is 5.82 Å². The molecule has 0 aliphatic heterocycles. The summed E-state index contributed by atoms with van der Waals surface area (Å²) in [6.45, 7) is 1.96. The fraction of sp³-hybridized carbons (Fsp3) is 0.200.